The lowest BCUT2D eigenvalue weighted by Crippen LogP contribution is -2.36. The highest BCUT2D eigenvalue weighted by atomic mass is 16.6. The molecule has 0 bridgehead atoms. The summed E-state index contributed by atoms with van der Waals surface area (Å²) < 4.78 is 16.6. The smallest absolute Gasteiger partial charge is 0.339 e. The van der Waals surface area contributed by atoms with Crippen molar-refractivity contribution in [2.75, 3.05) is 26.3 Å². The van der Waals surface area contributed by atoms with Crippen molar-refractivity contribution in [1.29, 1.82) is 0 Å². The van der Waals surface area contributed by atoms with Gasteiger partial charge in [0.25, 0.3) is 5.91 Å². The summed E-state index contributed by atoms with van der Waals surface area (Å²) in [5.41, 5.74) is 0.952. The highest BCUT2D eigenvalue weighted by Crippen LogP contribution is 2.31. The second-order valence-electron chi connectivity index (χ2n) is 6.06. The van der Waals surface area contributed by atoms with Crippen LogP contribution in [-0.4, -0.2) is 43.1 Å². The largest absolute Gasteiger partial charge is 0.486 e. The average Bonchev–Trinajstić information content (AvgIpc) is 2.72. The molecule has 0 saturated carbocycles. The number of carbonyl (C=O) groups excluding carboxylic acids is 2. The first-order valence-corrected chi connectivity index (χ1v) is 9.08. The van der Waals surface area contributed by atoms with Crippen LogP contribution >= 0.6 is 0 Å². The maximum atomic E-state index is 12.9. The maximum absolute atomic E-state index is 12.9. The Morgan fingerprint density at radius 1 is 1.00 bits per heavy atom. The Balaban J connectivity index is 1.85. The van der Waals surface area contributed by atoms with Crippen molar-refractivity contribution < 1.29 is 23.8 Å². The van der Waals surface area contributed by atoms with Crippen LogP contribution in [0.2, 0.25) is 0 Å². The molecule has 0 aliphatic carbocycles. The molecular formula is C21H23NO5. The molecule has 6 nitrogen and oxygen atoms in total. The molecule has 27 heavy (non-hydrogen) atoms. The van der Waals surface area contributed by atoms with Crippen LogP contribution in [0.3, 0.4) is 0 Å². The van der Waals surface area contributed by atoms with Crippen LogP contribution in [0.5, 0.6) is 11.5 Å². The third-order valence-corrected chi connectivity index (χ3v) is 4.40. The molecule has 142 valence electrons. The summed E-state index contributed by atoms with van der Waals surface area (Å²) in [5.74, 6) is 0.275. The van der Waals surface area contributed by atoms with Gasteiger partial charge in [0.05, 0.1) is 5.56 Å². The normalized spacial score (nSPS) is 13.6. The van der Waals surface area contributed by atoms with Gasteiger partial charge in [-0.15, -0.1) is 0 Å². The van der Waals surface area contributed by atoms with Crippen LogP contribution in [0, 0.1) is 0 Å². The predicted octanol–water partition coefficient (Wildman–Crippen LogP) is 3.22. The molecule has 2 aromatic rings. The SMILES string of the molecule is CCN(CC)C(=O)[C@@H](OC(=O)c1ccc2c(c1)OCCO2)c1ccccc1. The van der Waals surface area contributed by atoms with E-state index in [9.17, 15) is 9.59 Å². The fourth-order valence-corrected chi connectivity index (χ4v) is 2.94. The molecule has 0 saturated heterocycles. The minimum absolute atomic E-state index is 0.239. The van der Waals surface area contributed by atoms with Gasteiger partial charge in [0.2, 0.25) is 6.10 Å². The van der Waals surface area contributed by atoms with Gasteiger partial charge in [0, 0.05) is 18.7 Å². The first-order chi connectivity index (χ1) is 13.1. The Bertz CT molecular complexity index is 801. The molecule has 1 aliphatic rings. The molecule has 1 amide bonds. The highest BCUT2D eigenvalue weighted by Gasteiger charge is 2.29. The second kappa shape index (κ2) is 8.58. The number of ether oxygens (including phenoxy) is 3. The summed E-state index contributed by atoms with van der Waals surface area (Å²) in [4.78, 5) is 27.3. The lowest BCUT2D eigenvalue weighted by molar-refractivity contribution is -0.140. The van der Waals surface area contributed by atoms with Gasteiger partial charge >= 0.3 is 5.97 Å². The zero-order valence-electron chi connectivity index (χ0n) is 15.5. The molecule has 1 atom stereocenters. The van der Waals surface area contributed by atoms with Crippen LogP contribution in [0.4, 0.5) is 0 Å². The lowest BCUT2D eigenvalue weighted by Gasteiger charge is -2.25. The van der Waals surface area contributed by atoms with E-state index in [0.29, 0.717) is 48.9 Å². The molecular weight excluding hydrogens is 346 g/mol. The summed E-state index contributed by atoms with van der Waals surface area (Å²) in [6.45, 7) is 5.78. The number of carbonyl (C=O) groups is 2. The van der Waals surface area contributed by atoms with Crippen molar-refractivity contribution >= 4 is 11.9 Å². The summed E-state index contributed by atoms with van der Waals surface area (Å²) in [6.07, 6.45) is -0.994. The molecule has 0 unspecified atom stereocenters. The Labute approximate surface area is 158 Å². The van der Waals surface area contributed by atoms with Crippen LogP contribution in [0.1, 0.15) is 35.9 Å². The Morgan fingerprint density at radius 2 is 1.67 bits per heavy atom. The van der Waals surface area contributed by atoms with Crippen molar-refractivity contribution in [3.63, 3.8) is 0 Å². The van der Waals surface area contributed by atoms with E-state index < -0.39 is 12.1 Å². The maximum Gasteiger partial charge on any atom is 0.339 e. The van der Waals surface area contributed by atoms with Gasteiger partial charge in [-0.25, -0.2) is 4.79 Å². The molecule has 6 heteroatoms. The number of fused-ring (bicyclic) bond motifs is 1. The van der Waals surface area contributed by atoms with Gasteiger partial charge in [-0.2, -0.15) is 0 Å². The number of nitrogens with zero attached hydrogens (tertiary/aromatic N) is 1. The van der Waals surface area contributed by atoms with Gasteiger partial charge in [-0.3, -0.25) is 4.79 Å². The van der Waals surface area contributed by atoms with Crippen LogP contribution < -0.4 is 9.47 Å². The van der Waals surface area contributed by atoms with Crippen molar-refractivity contribution in [2.24, 2.45) is 0 Å². The van der Waals surface area contributed by atoms with Crippen LogP contribution in [-0.2, 0) is 9.53 Å². The fraction of sp³-hybridized carbons (Fsp3) is 0.333. The molecule has 1 heterocycles. The Morgan fingerprint density at radius 3 is 2.33 bits per heavy atom. The number of hydrogen-bond acceptors (Lipinski definition) is 5. The predicted molar refractivity (Wildman–Crippen MR) is 100.0 cm³/mol. The van der Waals surface area contributed by atoms with Crippen molar-refractivity contribution in [3.8, 4) is 11.5 Å². The van der Waals surface area contributed by atoms with E-state index in [4.69, 9.17) is 14.2 Å². The van der Waals surface area contributed by atoms with Crippen LogP contribution in [0.25, 0.3) is 0 Å². The molecule has 0 N–H and O–H groups in total. The lowest BCUT2D eigenvalue weighted by atomic mass is 10.1. The third-order valence-electron chi connectivity index (χ3n) is 4.40. The molecule has 2 aromatic carbocycles. The number of rotatable bonds is 6. The minimum Gasteiger partial charge on any atom is -0.486 e. The van der Waals surface area contributed by atoms with Crippen molar-refractivity contribution in [1.82, 2.24) is 4.90 Å². The van der Waals surface area contributed by atoms with Gasteiger partial charge in [-0.1, -0.05) is 30.3 Å². The minimum atomic E-state index is -0.994. The van der Waals surface area contributed by atoms with E-state index in [2.05, 4.69) is 0 Å². The first kappa shape index (κ1) is 18.8. The fourth-order valence-electron chi connectivity index (χ4n) is 2.94. The molecule has 1 aliphatic heterocycles. The number of esters is 1. The van der Waals surface area contributed by atoms with E-state index in [1.54, 1.807) is 35.2 Å². The number of likely N-dealkylation sites (N-methyl/N-ethyl adjacent to an activating group) is 1. The summed E-state index contributed by atoms with van der Waals surface area (Å²) >= 11 is 0. The quantitative estimate of drug-likeness (QED) is 0.732. The summed E-state index contributed by atoms with van der Waals surface area (Å²) in [6, 6.07) is 13.9. The first-order valence-electron chi connectivity index (χ1n) is 9.08. The van der Waals surface area contributed by atoms with E-state index in [1.807, 2.05) is 32.0 Å². The highest BCUT2D eigenvalue weighted by molar-refractivity contribution is 5.93. The number of amides is 1. The van der Waals surface area contributed by atoms with Gasteiger partial charge in [0.15, 0.2) is 11.5 Å². The van der Waals surface area contributed by atoms with E-state index >= 15 is 0 Å². The topological polar surface area (TPSA) is 65.1 Å². The standard InChI is InChI=1S/C21H23NO5/c1-3-22(4-2)20(23)19(15-8-6-5-7-9-15)27-21(24)16-10-11-17-18(14-16)26-13-12-25-17/h5-11,14,19H,3-4,12-13H2,1-2H3/t19-/m0/s1. The Kier molecular flexibility index (Phi) is 5.96. The number of benzene rings is 2. The van der Waals surface area contributed by atoms with Gasteiger partial charge < -0.3 is 19.1 Å². The molecule has 0 spiro atoms. The van der Waals surface area contributed by atoms with E-state index in [1.165, 1.54) is 0 Å². The second-order valence-corrected chi connectivity index (χ2v) is 6.06. The molecule has 0 aromatic heterocycles. The van der Waals surface area contributed by atoms with Gasteiger partial charge in [0.1, 0.15) is 13.2 Å². The molecule has 0 fully saturated rings. The van der Waals surface area contributed by atoms with Crippen LogP contribution in [0.15, 0.2) is 48.5 Å². The third kappa shape index (κ3) is 4.22. The molecule has 0 radical (unpaired) electrons. The zero-order valence-corrected chi connectivity index (χ0v) is 15.5. The molecule has 3 rings (SSSR count). The number of hydrogen-bond donors (Lipinski definition) is 0. The average molecular weight is 369 g/mol. The monoisotopic (exact) mass is 369 g/mol. The van der Waals surface area contributed by atoms with Crippen molar-refractivity contribution in [3.05, 3.63) is 59.7 Å². The van der Waals surface area contributed by atoms with Gasteiger partial charge in [-0.05, 0) is 32.0 Å². The van der Waals surface area contributed by atoms with Crippen molar-refractivity contribution in [2.45, 2.75) is 20.0 Å². The zero-order chi connectivity index (χ0) is 19.2. The Hall–Kier alpha value is -3.02. The van der Waals surface area contributed by atoms with E-state index in [-0.39, 0.29) is 5.91 Å². The summed E-state index contributed by atoms with van der Waals surface area (Å²) in [7, 11) is 0. The summed E-state index contributed by atoms with van der Waals surface area (Å²) in [5, 5.41) is 0. The van der Waals surface area contributed by atoms with E-state index in [0.717, 1.165) is 0 Å².